The Labute approximate surface area is 118 Å². The van der Waals surface area contributed by atoms with Crippen LogP contribution in [0.25, 0.3) is 0 Å². The molecule has 0 radical (unpaired) electrons. The molecule has 1 unspecified atom stereocenters. The van der Waals surface area contributed by atoms with Crippen LogP contribution in [0.5, 0.6) is 17.2 Å². The lowest BCUT2D eigenvalue weighted by Gasteiger charge is -2.25. The largest absolute Gasteiger partial charge is 0.495 e. The van der Waals surface area contributed by atoms with Gasteiger partial charge in [0.1, 0.15) is 10.8 Å². The first-order valence-electron chi connectivity index (χ1n) is 6.26. The highest BCUT2D eigenvalue weighted by molar-refractivity contribution is 6.34. The van der Waals surface area contributed by atoms with Crippen molar-refractivity contribution in [2.24, 2.45) is 5.73 Å². The van der Waals surface area contributed by atoms with Gasteiger partial charge in [0.05, 0.1) is 21.3 Å². The van der Waals surface area contributed by atoms with Gasteiger partial charge in [-0.05, 0) is 25.8 Å². The summed E-state index contributed by atoms with van der Waals surface area (Å²) in [6, 6.07) is 1.97. The monoisotopic (exact) mass is 285 g/mol. The molecule has 1 fully saturated rings. The molecule has 0 spiro atoms. The first kappa shape index (κ1) is 14.3. The number of halogens is 1. The van der Waals surface area contributed by atoms with E-state index in [1.807, 2.05) is 13.0 Å². The fourth-order valence-corrected chi connectivity index (χ4v) is 2.96. The topological polar surface area (TPSA) is 53.7 Å². The number of benzene rings is 1. The minimum absolute atomic E-state index is 0.0376. The Kier molecular flexibility index (Phi) is 3.83. The number of methoxy groups -OCH3 is 3. The Bertz CT molecular complexity index is 484. The molecule has 0 amide bonds. The van der Waals surface area contributed by atoms with Crippen molar-refractivity contribution in [3.05, 3.63) is 16.7 Å². The van der Waals surface area contributed by atoms with Crippen molar-refractivity contribution in [2.45, 2.75) is 31.2 Å². The minimum atomic E-state index is -0.0610. The first-order valence-corrected chi connectivity index (χ1v) is 6.64. The van der Waals surface area contributed by atoms with E-state index in [4.69, 9.17) is 31.5 Å². The second-order valence-electron chi connectivity index (χ2n) is 4.95. The molecule has 4 nitrogen and oxygen atoms in total. The summed E-state index contributed by atoms with van der Waals surface area (Å²) in [5.74, 6) is 1.73. The molecule has 0 saturated heterocycles. The summed E-state index contributed by atoms with van der Waals surface area (Å²) < 4.78 is 16.1. The molecule has 106 valence electrons. The molecular weight excluding hydrogens is 266 g/mol. The van der Waals surface area contributed by atoms with Gasteiger partial charge in [-0.3, -0.25) is 0 Å². The summed E-state index contributed by atoms with van der Waals surface area (Å²) in [6.07, 6.45) is 2.07. The maximum Gasteiger partial charge on any atom is 0.183 e. The molecule has 0 aromatic heterocycles. The molecule has 0 aliphatic heterocycles. The van der Waals surface area contributed by atoms with E-state index in [-0.39, 0.29) is 11.5 Å². The molecule has 1 aromatic rings. The number of hydrogen-bond donors (Lipinski definition) is 1. The second kappa shape index (κ2) is 5.10. The van der Waals surface area contributed by atoms with Crippen LogP contribution in [-0.4, -0.2) is 27.4 Å². The molecule has 1 aliphatic rings. The second-order valence-corrected chi connectivity index (χ2v) is 5.33. The summed E-state index contributed by atoms with van der Waals surface area (Å²) in [7, 11) is 4.76. The predicted octanol–water partition coefficient (Wildman–Crippen LogP) is 2.74. The van der Waals surface area contributed by atoms with Crippen LogP contribution in [0.4, 0.5) is 0 Å². The summed E-state index contributed by atoms with van der Waals surface area (Å²) in [5, 5.41) is 0.436. The number of hydrogen-bond acceptors (Lipinski definition) is 4. The quantitative estimate of drug-likeness (QED) is 0.904. The van der Waals surface area contributed by atoms with Gasteiger partial charge >= 0.3 is 0 Å². The minimum Gasteiger partial charge on any atom is -0.495 e. The van der Waals surface area contributed by atoms with Gasteiger partial charge in [0.25, 0.3) is 0 Å². The van der Waals surface area contributed by atoms with E-state index in [1.54, 1.807) is 21.3 Å². The molecule has 1 saturated carbocycles. The third-order valence-electron chi connectivity index (χ3n) is 3.97. The van der Waals surface area contributed by atoms with Gasteiger partial charge in [0, 0.05) is 17.0 Å². The molecule has 0 heterocycles. The lowest BCUT2D eigenvalue weighted by molar-refractivity contribution is 0.345. The summed E-state index contributed by atoms with van der Waals surface area (Å²) >= 11 is 6.37. The zero-order valence-electron chi connectivity index (χ0n) is 11.7. The number of nitrogens with two attached hydrogens (primary N) is 1. The fraction of sp³-hybridized carbons (Fsp3) is 0.571. The molecule has 1 aliphatic carbocycles. The maximum absolute atomic E-state index is 6.37. The Morgan fingerprint density at radius 2 is 1.74 bits per heavy atom. The van der Waals surface area contributed by atoms with Crippen LogP contribution in [0.1, 0.15) is 25.3 Å². The van der Waals surface area contributed by atoms with Gasteiger partial charge < -0.3 is 19.9 Å². The van der Waals surface area contributed by atoms with Crippen molar-refractivity contribution < 1.29 is 14.2 Å². The number of rotatable bonds is 5. The zero-order valence-corrected chi connectivity index (χ0v) is 12.5. The Morgan fingerprint density at radius 1 is 1.16 bits per heavy atom. The van der Waals surface area contributed by atoms with Gasteiger partial charge in [-0.2, -0.15) is 0 Å². The van der Waals surface area contributed by atoms with Crippen molar-refractivity contribution in [3.8, 4) is 17.2 Å². The SMILES string of the molecule is COc1cc(C2(C(C)N)CC2)c(OC)c(Cl)c1OC. The Morgan fingerprint density at radius 3 is 2.11 bits per heavy atom. The van der Waals surface area contributed by atoms with Gasteiger partial charge in [0.15, 0.2) is 11.5 Å². The smallest absolute Gasteiger partial charge is 0.183 e. The molecule has 5 heteroatoms. The van der Waals surface area contributed by atoms with Crippen molar-refractivity contribution in [1.29, 1.82) is 0 Å². The molecular formula is C14H20ClNO3. The first-order chi connectivity index (χ1) is 9.01. The van der Waals surface area contributed by atoms with Crippen LogP contribution in [0.3, 0.4) is 0 Å². The van der Waals surface area contributed by atoms with E-state index < -0.39 is 0 Å². The van der Waals surface area contributed by atoms with Gasteiger partial charge in [0.2, 0.25) is 0 Å². The third-order valence-corrected chi connectivity index (χ3v) is 4.31. The molecule has 19 heavy (non-hydrogen) atoms. The van der Waals surface area contributed by atoms with Crippen molar-refractivity contribution >= 4 is 11.6 Å². The molecule has 2 rings (SSSR count). The fourth-order valence-electron chi connectivity index (χ4n) is 2.61. The van der Waals surface area contributed by atoms with Gasteiger partial charge in [-0.15, -0.1) is 0 Å². The normalized spacial score (nSPS) is 17.8. The van der Waals surface area contributed by atoms with E-state index in [0.29, 0.717) is 22.3 Å². The van der Waals surface area contributed by atoms with Crippen molar-refractivity contribution in [3.63, 3.8) is 0 Å². The highest BCUT2D eigenvalue weighted by atomic mass is 35.5. The van der Waals surface area contributed by atoms with E-state index in [2.05, 4.69) is 0 Å². The molecule has 2 N–H and O–H groups in total. The van der Waals surface area contributed by atoms with Crippen molar-refractivity contribution in [2.75, 3.05) is 21.3 Å². The highest BCUT2D eigenvalue weighted by Gasteiger charge is 2.50. The molecule has 1 aromatic carbocycles. The van der Waals surface area contributed by atoms with Crippen LogP contribution in [0.2, 0.25) is 5.02 Å². The van der Waals surface area contributed by atoms with E-state index in [0.717, 1.165) is 18.4 Å². The van der Waals surface area contributed by atoms with Crippen LogP contribution < -0.4 is 19.9 Å². The highest BCUT2D eigenvalue weighted by Crippen LogP contribution is 2.57. The van der Waals surface area contributed by atoms with Crippen LogP contribution in [0.15, 0.2) is 6.07 Å². The van der Waals surface area contributed by atoms with Crippen LogP contribution in [-0.2, 0) is 5.41 Å². The Hall–Kier alpha value is -1.13. The predicted molar refractivity (Wildman–Crippen MR) is 75.7 cm³/mol. The summed E-state index contributed by atoms with van der Waals surface area (Å²) in [6.45, 7) is 2.01. The molecule has 1 atom stereocenters. The van der Waals surface area contributed by atoms with Crippen LogP contribution in [0, 0.1) is 0 Å². The maximum atomic E-state index is 6.37. The average Bonchev–Trinajstić information content (AvgIpc) is 3.18. The summed E-state index contributed by atoms with van der Waals surface area (Å²) in [4.78, 5) is 0. The van der Waals surface area contributed by atoms with Crippen molar-refractivity contribution in [1.82, 2.24) is 0 Å². The zero-order chi connectivity index (χ0) is 14.2. The third kappa shape index (κ3) is 2.13. The average molecular weight is 286 g/mol. The number of ether oxygens (including phenoxy) is 3. The Balaban J connectivity index is 2.64. The van der Waals surface area contributed by atoms with Gasteiger partial charge in [-0.25, -0.2) is 0 Å². The van der Waals surface area contributed by atoms with Crippen LogP contribution >= 0.6 is 11.6 Å². The van der Waals surface area contributed by atoms with E-state index >= 15 is 0 Å². The standard InChI is InChI=1S/C14H20ClNO3/c1-8(16)14(5-6-14)9-7-10(17-2)13(19-4)11(15)12(9)18-3/h7-8H,5-6,16H2,1-4H3. The van der Waals surface area contributed by atoms with Gasteiger partial charge in [-0.1, -0.05) is 11.6 Å². The summed E-state index contributed by atoms with van der Waals surface area (Å²) in [5.41, 5.74) is 7.08. The van der Waals surface area contributed by atoms with E-state index in [9.17, 15) is 0 Å². The lowest BCUT2D eigenvalue weighted by Crippen LogP contribution is -2.32. The lowest BCUT2D eigenvalue weighted by atomic mass is 9.88. The molecule has 0 bridgehead atoms. The van der Waals surface area contributed by atoms with E-state index in [1.165, 1.54) is 0 Å².